The van der Waals surface area contributed by atoms with Gasteiger partial charge in [-0.25, -0.2) is 0 Å². The van der Waals surface area contributed by atoms with Gasteiger partial charge in [0.15, 0.2) is 0 Å². The van der Waals surface area contributed by atoms with Gasteiger partial charge in [0.05, 0.1) is 13.1 Å². The molecule has 0 aliphatic carbocycles. The van der Waals surface area contributed by atoms with Gasteiger partial charge in [0.25, 0.3) is 0 Å². The molecule has 3 heterocycles. The Hall–Kier alpha value is -3.32. The highest BCUT2D eigenvalue weighted by molar-refractivity contribution is 5.46. The second-order valence-electron chi connectivity index (χ2n) is 6.42. The third kappa shape index (κ3) is 4.45. The molecule has 7 nitrogen and oxygen atoms in total. The smallest absolute Gasteiger partial charge is 0.241 e. The van der Waals surface area contributed by atoms with E-state index in [2.05, 4.69) is 49.4 Å². The highest BCUT2D eigenvalue weighted by Gasteiger charge is 2.12. The van der Waals surface area contributed by atoms with Crippen LogP contribution < -0.4 is 0 Å². The molecule has 0 aliphatic heterocycles. The summed E-state index contributed by atoms with van der Waals surface area (Å²) in [5, 5.41) is 8.28. The molecule has 7 heteroatoms. The molecule has 0 amide bonds. The summed E-state index contributed by atoms with van der Waals surface area (Å²) in [7, 11) is 2.03. The van der Waals surface area contributed by atoms with Crippen LogP contribution >= 0.6 is 0 Å². The molecule has 0 aliphatic rings. The topological polar surface area (TPSA) is 72.9 Å². The second-order valence-corrected chi connectivity index (χ2v) is 6.42. The third-order valence-electron chi connectivity index (χ3n) is 4.11. The van der Waals surface area contributed by atoms with Crippen LogP contribution in [0.4, 0.5) is 0 Å². The van der Waals surface area contributed by atoms with Gasteiger partial charge in [-0.2, -0.15) is 10.1 Å². The summed E-state index contributed by atoms with van der Waals surface area (Å²) in [4.78, 5) is 10.8. The minimum atomic E-state index is 0.514. The van der Waals surface area contributed by atoms with Crippen molar-refractivity contribution >= 4 is 0 Å². The van der Waals surface area contributed by atoms with Gasteiger partial charge in [0, 0.05) is 25.1 Å². The fraction of sp³-hybridized carbons (Fsp3) is 0.200. The van der Waals surface area contributed by atoms with E-state index in [-0.39, 0.29) is 0 Å². The first kappa shape index (κ1) is 17.1. The highest BCUT2D eigenvalue weighted by atomic mass is 16.5. The number of nitrogens with zero attached hydrogens (tertiary/aromatic N) is 6. The van der Waals surface area contributed by atoms with E-state index in [0.717, 1.165) is 13.1 Å². The Morgan fingerprint density at radius 2 is 1.93 bits per heavy atom. The van der Waals surface area contributed by atoms with Gasteiger partial charge in [-0.05, 0) is 36.4 Å². The molecule has 0 spiro atoms. The molecule has 0 unspecified atom stereocenters. The van der Waals surface area contributed by atoms with E-state index in [1.165, 1.54) is 11.1 Å². The van der Waals surface area contributed by atoms with Crippen molar-refractivity contribution in [1.29, 1.82) is 0 Å². The molecular weight excluding hydrogens is 340 g/mol. The minimum absolute atomic E-state index is 0.514. The Kier molecular flexibility index (Phi) is 5.02. The summed E-state index contributed by atoms with van der Waals surface area (Å²) in [6.07, 6.45) is 5.47. The Morgan fingerprint density at radius 1 is 1.00 bits per heavy atom. The van der Waals surface area contributed by atoms with Gasteiger partial charge in [0.1, 0.15) is 5.69 Å². The summed E-state index contributed by atoms with van der Waals surface area (Å²) >= 11 is 0. The van der Waals surface area contributed by atoms with Gasteiger partial charge in [-0.3, -0.25) is 14.6 Å². The van der Waals surface area contributed by atoms with Gasteiger partial charge in [-0.1, -0.05) is 35.5 Å². The Morgan fingerprint density at radius 3 is 2.74 bits per heavy atom. The van der Waals surface area contributed by atoms with Gasteiger partial charge < -0.3 is 4.52 Å². The minimum Gasteiger partial charge on any atom is -0.337 e. The number of hydrogen-bond donors (Lipinski definition) is 0. The zero-order valence-corrected chi connectivity index (χ0v) is 15.1. The average Bonchev–Trinajstić information content (AvgIpc) is 3.35. The highest BCUT2D eigenvalue weighted by Crippen LogP contribution is 2.14. The van der Waals surface area contributed by atoms with Crippen LogP contribution in [0.25, 0.3) is 11.5 Å². The average molecular weight is 360 g/mol. The Bertz CT molecular complexity index is 981. The zero-order chi connectivity index (χ0) is 18.5. The zero-order valence-electron chi connectivity index (χ0n) is 15.1. The van der Waals surface area contributed by atoms with Crippen molar-refractivity contribution in [3.8, 4) is 11.5 Å². The Labute approximate surface area is 157 Å². The van der Waals surface area contributed by atoms with E-state index >= 15 is 0 Å². The van der Waals surface area contributed by atoms with E-state index in [0.29, 0.717) is 24.0 Å². The molecule has 0 saturated heterocycles. The van der Waals surface area contributed by atoms with Gasteiger partial charge >= 0.3 is 0 Å². The molecule has 3 aromatic heterocycles. The summed E-state index contributed by atoms with van der Waals surface area (Å²) in [5.41, 5.74) is 3.16. The fourth-order valence-corrected chi connectivity index (χ4v) is 2.92. The Balaban J connectivity index is 1.38. The molecule has 1 aromatic carbocycles. The molecule has 0 bridgehead atoms. The lowest BCUT2D eigenvalue weighted by Gasteiger charge is -2.15. The first-order valence-corrected chi connectivity index (χ1v) is 8.74. The predicted octanol–water partition coefficient (Wildman–Crippen LogP) is 3.01. The van der Waals surface area contributed by atoms with Crippen molar-refractivity contribution < 1.29 is 4.52 Å². The van der Waals surface area contributed by atoms with Crippen molar-refractivity contribution in [1.82, 2.24) is 29.8 Å². The number of aromatic nitrogens is 5. The van der Waals surface area contributed by atoms with E-state index < -0.39 is 0 Å². The summed E-state index contributed by atoms with van der Waals surface area (Å²) < 4.78 is 7.28. The van der Waals surface area contributed by atoms with Crippen molar-refractivity contribution in [2.24, 2.45) is 0 Å². The molecule has 0 fully saturated rings. The normalized spacial score (nSPS) is 11.2. The first-order chi connectivity index (χ1) is 13.3. The van der Waals surface area contributed by atoms with Crippen LogP contribution in [0.15, 0.2) is 71.6 Å². The molecule has 0 N–H and O–H groups in total. The van der Waals surface area contributed by atoms with Crippen molar-refractivity contribution in [3.05, 3.63) is 84.1 Å². The van der Waals surface area contributed by atoms with Crippen LogP contribution in [-0.4, -0.2) is 36.9 Å². The number of rotatable bonds is 7. The van der Waals surface area contributed by atoms with E-state index in [1.54, 1.807) is 12.4 Å². The second kappa shape index (κ2) is 7.92. The van der Waals surface area contributed by atoms with Crippen LogP contribution in [0.3, 0.4) is 0 Å². The lowest BCUT2D eigenvalue weighted by molar-refractivity contribution is 0.261. The first-order valence-electron chi connectivity index (χ1n) is 8.74. The molecule has 0 radical (unpaired) electrons. The number of pyridine rings is 1. The van der Waals surface area contributed by atoms with E-state index in [4.69, 9.17) is 4.52 Å². The van der Waals surface area contributed by atoms with Gasteiger partial charge in [-0.15, -0.1) is 0 Å². The molecule has 27 heavy (non-hydrogen) atoms. The summed E-state index contributed by atoms with van der Waals surface area (Å²) in [6, 6.07) is 16.1. The van der Waals surface area contributed by atoms with E-state index in [1.807, 2.05) is 42.2 Å². The number of benzene rings is 1. The molecular formula is C20H20N6O. The molecule has 136 valence electrons. The lowest BCUT2D eigenvalue weighted by atomic mass is 10.1. The van der Waals surface area contributed by atoms with Crippen molar-refractivity contribution in [2.45, 2.75) is 19.6 Å². The van der Waals surface area contributed by atoms with E-state index in [9.17, 15) is 0 Å². The SMILES string of the molecule is CN(Cc1cccc(Cn2cccn2)c1)Cc1nc(-c2ccccn2)no1. The van der Waals surface area contributed by atoms with Crippen LogP contribution in [-0.2, 0) is 19.6 Å². The summed E-state index contributed by atoms with van der Waals surface area (Å²) in [6.45, 7) is 2.12. The largest absolute Gasteiger partial charge is 0.337 e. The van der Waals surface area contributed by atoms with Crippen LogP contribution in [0.2, 0.25) is 0 Å². The number of hydrogen-bond acceptors (Lipinski definition) is 6. The van der Waals surface area contributed by atoms with Crippen LogP contribution in [0.5, 0.6) is 0 Å². The quantitative estimate of drug-likeness (QED) is 0.504. The maximum Gasteiger partial charge on any atom is 0.241 e. The lowest BCUT2D eigenvalue weighted by Crippen LogP contribution is -2.17. The molecule has 4 aromatic rings. The van der Waals surface area contributed by atoms with Crippen LogP contribution in [0.1, 0.15) is 17.0 Å². The fourth-order valence-electron chi connectivity index (χ4n) is 2.92. The standard InChI is InChI=1S/C20H20N6O/c1-25(15-19-23-20(24-27-19)18-8-2-3-9-21-18)13-16-6-4-7-17(12-16)14-26-11-5-10-22-26/h2-12H,13-15H2,1H3. The third-order valence-corrected chi connectivity index (χ3v) is 4.11. The maximum absolute atomic E-state index is 5.37. The van der Waals surface area contributed by atoms with Crippen molar-refractivity contribution in [2.75, 3.05) is 7.05 Å². The molecule has 0 atom stereocenters. The predicted molar refractivity (Wildman–Crippen MR) is 100 cm³/mol. The maximum atomic E-state index is 5.37. The summed E-state index contributed by atoms with van der Waals surface area (Å²) in [5.74, 6) is 1.09. The molecule has 4 rings (SSSR count). The molecule has 0 saturated carbocycles. The monoisotopic (exact) mass is 360 g/mol. The van der Waals surface area contributed by atoms with Gasteiger partial charge in [0.2, 0.25) is 11.7 Å². The van der Waals surface area contributed by atoms with Crippen LogP contribution in [0, 0.1) is 0 Å². The van der Waals surface area contributed by atoms with Crippen molar-refractivity contribution in [3.63, 3.8) is 0 Å².